The highest BCUT2D eigenvalue weighted by atomic mass is 16.5. The van der Waals surface area contributed by atoms with Gasteiger partial charge in [0.25, 0.3) is 0 Å². The van der Waals surface area contributed by atoms with E-state index in [9.17, 15) is 9.59 Å². The summed E-state index contributed by atoms with van der Waals surface area (Å²) in [6.45, 7) is 2.57. The van der Waals surface area contributed by atoms with E-state index in [-0.39, 0.29) is 23.6 Å². The number of carbonyl (C=O) groups excluding carboxylic acids is 2. The van der Waals surface area contributed by atoms with E-state index in [4.69, 9.17) is 4.74 Å². The Morgan fingerprint density at radius 1 is 1.57 bits per heavy atom. The molecule has 3 heteroatoms. The molecule has 78 valence electrons. The van der Waals surface area contributed by atoms with Gasteiger partial charge in [-0.25, -0.2) is 0 Å². The Bertz CT molecular complexity index is 259. The Morgan fingerprint density at radius 3 is 2.93 bits per heavy atom. The summed E-state index contributed by atoms with van der Waals surface area (Å²) >= 11 is 0. The molecule has 2 fully saturated rings. The molecule has 0 aromatic heterocycles. The van der Waals surface area contributed by atoms with Crippen LogP contribution in [-0.4, -0.2) is 18.4 Å². The van der Waals surface area contributed by atoms with Gasteiger partial charge in [0.1, 0.15) is 5.78 Å². The summed E-state index contributed by atoms with van der Waals surface area (Å²) in [6.07, 6.45) is 3.52. The fourth-order valence-electron chi connectivity index (χ4n) is 2.38. The van der Waals surface area contributed by atoms with Crippen LogP contribution in [0.3, 0.4) is 0 Å². The number of unbranched alkanes of at least 4 members (excludes halogenated alkanes) is 1. The van der Waals surface area contributed by atoms with Crippen LogP contribution in [0.5, 0.6) is 0 Å². The van der Waals surface area contributed by atoms with E-state index in [0.29, 0.717) is 18.9 Å². The van der Waals surface area contributed by atoms with Crippen LogP contribution in [0.1, 0.15) is 32.6 Å². The molecule has 0 N–H and O–H groups in total. The minimum atomic E-state index is -0.137. The van der Waals surface area contributed by atoms with Crippen LogP contribution < -0.4 is 0 Å². The number of rotatable bonds is 4. The molecule has 3 nitrogen and oxygen atoms in total. The number of carbonyl (C=O) groups is 2. The number of hydrogen-bond acceptors (Lipinski definition) is 3. The molecule has 2 aliphatic carbocycles. The smallest absolute Gasteiger partial charge is 0.309 e. The zero-order valence-corrected chi connectivity index (χ0v) is 8.49. The predicted molar refractivity (Wildman–Crippen MR) is 50.6 cm³/mol. The highest BCUT2D eigenvalue weighted by Gasteiger charge is 2.62. The largest absolute Gasteiger partial charge is 0.465 e. The topological polar surface area (TPSA) is 43.4 Å². The maximum Gasteiger partial charge on any atom is 0.309 e. The first-order valence-electron chi connectivity index (χ1n) is 5.45. The average molecular weight is 196 g/mol. The molecule has 2 rings (SSSR count). The molecule has 0 amide bonds. The van der Waals surface area contributed by atoms with Gasteiger partial charge in [-0.1, -0.05) is 13.3 Å². The standard InChI is InChI=1S/C11H16O3/c1-2-3-6-14-11(13)10-7-4-5-8(12)9(7)10/h7,9-10H,2-6H2,1H3/t7-,9-,10+/m0/s1. The van der Waals surface area contributed by atoms with Gasteiger partial charge in [-0.2, -0.15) is 0 Å². The first-order valence-corrected chi connectivity index (χ1v) is 5.45. The normalized spacial score (nSPS) is 34.1. The van der Waals surface area contributed by atoms with E-state index in [1.54, 1.807) is 0 Å². The number of ketones is 1. The van der Waals surface area contributed by atoms with Gasteiger partial charge >= 0.3 is 5.97 Å². The SMILES string of the molecule is CCCCOC(=O)[C@@H]1[C@H]2CCC(=O)[C@H]21. The van der Waals surface area contributed by atoms with Gasteiger partial charge < -0.3 is 4.74 Å². The molecule has 0 spiro atoms. The van der Waals surface area contributed by atoms with Gasteiger partial charge in [0, 0.05) is 12.3 Å². The van der Waals surface area contributed by atoms with Crippen molar-refractivity contribution < 1.29 is 14.3 Å². The molecule has 0 aromatic rings. The molecule has 0 bridgehead atoms. The summed E-state index contributed by atoms with van der Waals surface area (Å²) in [4.78, 5) is 22.7. The lowest BCUT2D eigenvalue weighted by Gasteiger charge is -2.04. The fraction of sp³-hybridized carbons (Fsp3) is 0.818. The van der Waals surface area contributed by atoms with E-state index in [0.717, 1.165) is 19.3 Å². The minimum Gasteiger partial charge on any atom is -0.465 e. The molecule has 3 atom stereocenters. The summed E-state index contributed by atoms with van der Waals surface area (Å²) in [5.41, 5.74) is 0. The van der Waals surface area contributed by atoms with Crippen molar-refractivity contribution in [3.63, 3.8) is 0 Å². The number of fused-ring (bicyclic) bond motifs is 1. The van der Waals surface area contributed by atoms with Crippen molar-refractivity contribution in [1.29, 1.82) is 0 Å². The van der Waals surface area contributed by atoms with Gasteiger partial charge in [-0.3, -0.25) is 9.59 Å². The Labute approximate surface area is 83.8 Å². The van der Waals surface area contributed by atoms with Gasteiger partial charge in [-0.05, 0) is 18.8 Å². The molecular formula is C11H16O3. The van der Waals surface area contributed by atoms with Gasteiger partial charge in [0.05, 0.1) is 12.5 Å². The van der Waals surface area contributed by atoms with Crippen LogP contribution in [0.2, 0.25) is 0 Å². The van der Waals surface area contributed by atoms with E-state index in [2.05, 4.69) is 6.92 Å². The van der Waals surface area contributed by atoms with Crippen LogP contribution in [0.15, 0.2) is 0 Å². The monoisotopic (exact) mass is 196 g/mol. The van der Waals surface area contributed by atoms with Gasteiger partial charge in [0.15, 0.2) is 0 Å². The van der Waals surface area contributed by atoms with Crippen molar-refractivity contribution in [2.24, 2.45) is 17.8 Å². The summed E-state index contributed by atoms with van der Waals surface area (Å²) in [6, 6.07) is 0. The maximum atomic E-state index is 11.5. The fourth-order valence-corrected chi connectivity index (χ4v) is 2.38. The Morgan fingerprint density at radius 2 is 2.36 bits per heavy atom. The van der Waals surface area contributed by atoms with Crippen molar-refractivity contribution in [2.45, 2.75) is 32.6 Å². The highest BCUT2D eigenvalue weighted by molar-refractivity contribution is 5.94. The van der Waals surface area contributed by atoms with Crippen LogP contribution in [0.4, 0.5) is 0 Å². The van der Waals surface area contributed by atoms with E-state index < -0.39 is 0 Å². The molecule has 0 aliphatic heterocycles. The lowest BCUT2D eigenvalue weighted by Crippen LogP contribution is -2.13. The third-order valence-corrected chi connectivity index (χ3v) is 3.28. The first kappa shape index (κ1) is 9.69. The highest BCUT2D eigenvalue weighted by Crippen LogP contribution is 2.55. The molecule has 0 aromatic carbocycles. The van der Waals surface area contributed by atoms with Crippen LogP contribution in [0.25, 0.3) is 0 Å². The van der Waals surface area contributed by atoms with E-state index in [1.165, 1.54) is 0 Å². The summed E-state index contributed by atoms with van der Waals surface area (Å²) in [5.74, 6) is 0.419. The second-order valence-electron chi connectivity index (χ2n) is 4.24. The zero-order chi connectivity index (χ0) is 10.1. The quantitative estimate of drug-likeness (QED) is 0.506. The predicted octanol–water partition coefficient (Wildman–Crippen LogP) is 1.55. The van der Waals surface area contributed by atoms with Crippen molar-refractivity contribution in [1.82, 2.24) is 0 Å². The van der Waals surface area contributed by atoms with Crippen molar-refractivity contribution in [3.05, 3.63) is 0 Å². The van der Waals surface area contributed by atoms with Gasteiger partial charge in [0.2, 0.25) is 0 Å². The molecule has 2 aliphatic rings. The summed E-state index contributed by atoms with van der Waals surface area (Å²) < 4.78 is 5.10. The lowest BCUT2D eigenvalue weighted by atomic mass is 10.1. The molecule has 0 heterocycles. The number of hydrogen-bond donors (Lipinski definition) is 0. The van der Waals surface area contributed by atoms with Crippen LogP contribution in [0, 0.1) is 17.8 Å². The lowest BCUT2D eigenvalue weighted by molar-refractivity contribution is -0.147. The van der Waals surface area contributed by atoms with Crippen LogP contribution >= 0.6 is 0 Å². The van der Waals surface area contributed by atoms with Crippen molar-refractivity contribution >= 4 is 11.8 Å². The number of Topliss-reactive ketones (excluding diaryl/α,β-unsaturated/α-hetero) is 1. The van der Waals surface area contributed by atoms with E-state index in [1.807, 2.05) is 0 Å². The summed E-state index contributed by atoms with van der Waals surface area (Å²) in [7, 11) is 0. The minimum absolute atomic E-state index is 0.0316. The Kier molecular flexibility index (Phi) is 2.57. The molecule has 0 saturated heterocycles. The summed E-state index contributed by atoms with van der Waals surface area (Å²) in [5, 5.41) is 0. The number of esters is 1. The van der Waals surface area contributed by atoms with Gasteiger partial charge in [-0.15, -0.1) is 0 Å². The zero-order valence-electron chi connectivity index (χ0n) is 8.49. The second kappa shape index (κ2) is 3.71. The number of ether oxygens (including phenoxy) is 1. The molecule has 0 radical (unpaired) electrons. The van der Waals surface area contributed by atoms with Crippen LogP contribution in [-0.2, 0) is 14.3 Å². The third-order valence-electron chi connectivity index (χ3n) is 3.28. The molecular weight excluding hydrogens is 180 g/mol. The Hall–Kier alpha value is -0.860. The molecule has 2 saturated carbocycles. The Balaban J connectivity index is 1.76. The van der Waals surface area contributed by atoms with Crippen molar-refractivity contribution in [2.75, 3.05) is 6.61 Å². The molecule has 0 unspecified atom stereocenters. The molecule has 14 heavy (non-hydrogen) atoms. The first-order chi connectivity index (χ1) is 6.75. The average Bonchev–Trinajstić information content (AvgIpc) is 2.79. The maximum absolute atomic E-state index is 11.5. The third kappa shape index (κ3) is 1.56. The van der Waals surface area contributed by atoms with E-state index >= 15 is 0 Å². The van der Waals surface area contributed by atoms with Crippen molar-refractivity contribution in [3.8, 4) is 0 Å². The second-order valence-corrected chi connectivity index (χ2v) is 4.24.